The van der Waals surface area contributed by atoms with Crippen molar-refractivity contribution in [2.75, 3.05) is 38.1 Å². The minimum absolute atomic E-state index is 0.137. The molecule has 12 nitrogen and oxygen atoms in total. The second kappa shape index (κ2) is 16.0. The van der Waals surface area contributed by atoms with Crippen molar-refractivity contribution in [3.05, 3.63) is 84.4 Å². The lowest BCUT2D eigenvalue weighted by Crippen LogP contribution is -2.28. The smallest absolute Gasteiger partial charge is 0.382 e. The summed E-state index contributed by atoms with van der Waals surface area (Å²) >= 11 is 0. The fourth-order valence-electron chi connectivity index (χ4n) is 3.71. The van der Waals surface area contributed by atoms with Crippen LogP contribution in [0.3, 0.4) is 0 Å². The first-order valence-corrected chi connectivity index (χ1v) is 13.5. The lowest BCUT2D eigenvalue weighted by molar-refractivity contribution is -0.173. The summed E-state index contributed by atoms with van der Waals surface area (Å²) in [6.07, 6.45) is 6.15. The van der Waals surface area contributed by atoms with Crippen LogP contribution in [-0.2, 0) is 30.9 Å². The molecule has 0 bridgehead atoms. The second-order valence-electron chi connectivity index (χ2n) is 8.81. The first-order valence-electron chi connectivity index (χ1n) is 13.5. The number of halogens is 4. The van der Waals surface area contributed by atoms with E-state index >= 15 is 0 Å². The average molecular weight is 647 g/mol. The Hall–Kier alpha value is -5.54. The molecule has 4 rings (SSSR count). The highest BCUT2D eigenvalue weighted by Gasteiger charge is 2.46. The van der Waals surface area contributed by atoms with Gasteiger partial charge in [-0.25, -0.2) is 29.5 Å². The number of ether oxygens (including phenoxy) is 4. The molecule has 0 saturated carbocycles. The number of carbonyl (C=O) groups excluding carboxylic acids is 2. The van der Waals surface area contributed by atoms with Gasteiger partial charge in [0, 0.05) is 48.3 Å². The SMILES string of the molecule is CCOC(=O)C(F)(F)c1ccc(Nc2ncccn2)cc1OC.CCOC(=O)C(F)(F)c1ccc(Nc2ncccn2)cc1OC. The molecule has 16 heteroatoms. The second-order valence-corrected chi connectivity index (χ2v) is 8.81. The van der Waals surface area contributed by atoms with Gasteiger partial charge in [-0.1, -0.05) is 0 Å². The maximum absolute atomic E-state index is 14.1. The Kier molecular flexibility index (Phi) is 12.1. The zero-order valence-electron chi connectivity index (χ0n) is 25.1. The summed E-state index contributed by atoms with van der Waals surface area (Å²) in [5.41, 5.74) is -0.260. The molecular weight excluding hydrogens is 616 g/mol. The van der Waals surface area contributed by atoms with Crippen molar-refractivity contribution in [2.24, 2.45) is 0 Å². The number of carbonyl (C=O) groups is 2. The summed E-state index contributed by atoms with van der Waals surface area (Å²) in [5, 5.41) is 5.70. The zero-order chi connectivity index (χ0) is 33.7. The molecular formula is C30H30F4N6O6. The predicted molar refractivity (Wildman–Crippen MR) is 158 cm³/mol. The zero-order valence-corrected chi connectivity index (χ0v) is 25.1. The molecule has 2 aromatic heterocycles. The lowest BCUT2D eigenvalue weighted by Gasteiger charge is -2.18. The summed E-state index contributed by atoms with van der Waals surface area (Å²) in [6.45, 7) is 2.64. The largest absolute Gasteiger partial charge is 0.496 e. The van der Waals surface area contributed by atoms with Gasteiger partial charge in [0.1, 0.15) is 11.5 Å². The number of hydrogen-bond donors (Lipinski definition) is 2. The minimum atomic E-state index is -3.80. The van der Waals surface area contributed by atoms with Crippen LogP contribution in [0, 0.1) is 0 Å². The van der Waals surface area contributed by atoms with Crippen molar-refractivity contribution >= 4 is 35.2 Å². The molecule has 0 fully saturated rings. The summed E-state index contributed by atoms with van der Waals surface area (Å²) in [6, 6.07) is 10.9. The van der Waals surface area contributed by atoms with Crippen LogP contribution in [0.1, 0.15) is 25.0 Å². The predicted octanol–water partition coefficient (Wildman–Crippen LogP) is 5.77. The molecule has 0 aliphatic rings. The van der Waals surface area contributed by atoms with Gasteiger partial charge in [0.05, 0.1) is 38.6 Å². The number of anilines is 4. The van der Waals surface area contributed by atoms with Crippen molar-refractivity contribution in [1.29, 1.82) is 0 Å². The highest BCUT2D eigenvalue weighted by Crippen LogP contribution is 2.39. The van der Waals surface area contributed by atoms with Crippen LogP contribution in [-0.4, -0.2) is 59.3 Å². The van der Waals surface area contributed by atoms with Crippen molar-refractivity contribution in [3.63, 3.8) is 0 Å². The molecule has 46 heavy (non-hydrogen) atoms. The van der Waals surface area contributed by atoms with E-state index in [1.54, 1.807) is 12.1 Å². The first kappa shape index (κ1) is 34.9. The molecule has 0 saturated heterocycles. The Morgan fingerprint density at radius 2 is 1.00 bits per heavy atom. The maximum atomic E-state index is 14.1. The lowest BCUT2D eigenvalue weighted by atomic mass is 10.1. The Morgan fingerprint density at radius 1 is 0.652 bits per heavy atom. The van der Waals surface area contributed by atoms with Crippen molar-refractivity contribution in [2.45, 2.75) is 25.7 Å². The van der Waals surface area contributed by atoms with E-state index in [2.05, 4.69) is 40.0 Å². The van der Waals surface area contributed by atoms with E-state index in [1.165, 1.54) is 77.1 Å². The molecule has 0 aliphatic carbocycles. The molecule has 0 amide bonds. The summed E-state index contributed by atoms with van der Waals surface area (Å²) in [4.78, 5) is 38.8. The maximum Gasteiger partial charge on any atom is 0.382 e. The third-order valence-electron chi connectivity index (χ3n) is 5.79. The molecule has 2 aromatic carbocycles. The van der Waals surface area contributed by atoms with Crippen LogP contribution >= 0.6 is 0 Å². The van der Waals surface area contributed by atoms with Gasteiger partial charge in [-0.05, 0) is 50.2 Å². The van der Waals surface area contributed by atoms with Crippen molar-refractivity contribution in [1.82, 2.24) is 19.9 Å². The fraction of sp³-hybridized carbons (Fsp3) is 0.267. The third kappa shape index (κ3) is 8.77. The number of benzene rings is 2. The van der Waals surface area contributed by atoms with E-state index in [-0.39, 0.29) is 24.7 Å². The summed E-state index contributed by atoms with van der Waals surface area (Å²) in [5.74, 6) is -10.5. The molecule has 2 heterocycles. The average Bonchev–Trinajstić information content (AvgIpc) is 3.06. The van der Waals surface area contributed by atoms with Gasteiger partial charge in [-0.3, -0.25) is 0 Å². The first-order chi connectivity index (χ1) is 22.0. The van der Waals surface area contributed by atoms with Gasteiger partial charge in [0.25, 0.3) is 0 Å². The Labute approximate surface area is 261 Å². The molecule has 0 atom stereocenters. The van der Waals surface area contributed by atoms with Crippen LogP contribution in [0.2, 0.25) is 0 Å². The Balaban J connectivity index is 0.000000250. The molecule has 0 unspecified atom stereocenters. The molecule has 0 radical (unpaired) electrons. The van der Waals surface area contributed by atoms with E-state index in [1.807, 2.05) is 0 Å². The van der Waals surface area contributed by atoms with E-state index in [4.69, 9.17) is 9.47 Å². The number of nitrogens with zero attached hydrogens (tertiary/aromatic N) is 4. The normalized spacial score (nSPS) is 11.0. The minimum Gasteiger partial charge on any atom is -0.496 e. The number of alkyl halides is 4. The highest BCUT2D eigenvalue weighted by atomic mass is 19.3. The van der Waals surface area contributed by atoms with Gasteiger partial charge in [-0.15, -0.1) is 0 Å². The summed E-state index contributed by atoms with van der Waals surface area (Å²) in [7, 11) is 2.48. The van der Waals surface area contributed by atoms with E-state index in [0.29, 0.717) is 23.3 Å². The molecule has 0 aliphatic heterocycles. The van der Waals surface area contributed by atoms with Crippen molar-refractivity contribution in [3.8, 4) is 11.5 Å². The van der Waals surface area contributed by atoms with Gasteiger partial charge >= 0.3 is 23.8 Å². The van der Waals surface area contributed by atoms with E-state index in [0.717, 1.165) is 12.1 Å². The van der Waals surface area contributed by atoms with Gasteiger partial charge in [-0.2, -0.15) is 17.6 Å². The number of esters is 2. The summed E-state index contributed by atoms with van der Waals surface area (Å²) < 4.78 is 75.3. The number of aromatic nitrogens is 4. The van der Waals surface area contributed by atoms with Crippen molar-refractivity contribution < 1.29 is 46.1 Å². The highest BCUT2D eigenvalue weighted by molar-refractivity contribution is 5.81. The van der Waals surface area contributed by atoms with E-state index in [9.17, 15) is 27.2 Å². The van der Waals surface area contributed by atoms with Crippen LogP contribution in [0.4, 0.5) is 40.8 Å². The van der Waals surface area contributed by atoms with Gasteiger partial charge < -0.3 is 29.6 Å². The molecule has 0 spiro atoms. The third-order valence-corrected chi connectivity index (χ3v) is 5.79. The molecule has 2 N–H and O–H groups in total. The number of rotatable bonds is 12. The Morgan fingerprint density at radius 3 is 1.30 bits per heavy atom. The van der Waals surface area contributed by atoms with Crippen LogP contribution < -0.4 is 20.1 Å². The molecule has 244 valence electrons. The Bertz CT molecular complexity index is 1480. The van der Waals surface area contributed by atoms with Crippen LogP contribution in [0.5, 0.6) is 11.5 Å². The standard InChI is InChI=1S/2C15H15F2N3O3/c2*1-3-23-13(21)15(16,17)11-6-5-10(9-12(11)22-2)20-14-18-7-4-8-19-14/h2*4-9H,3H2,1-2H3,(H,18,19,20). The number of hydrogen-bond acceptors (Lipinski definition) is 12. The topological polar surface area (TPSA) is 147 Å². The number of nitrogens with one attached hydrogen (secondary N) is 2. The van der Waals surface area contributed by atoms with Gasteiger partial charge in [0.15, 0.2) is 0 Å². The quantitative estimate of drug-likeness (QED) is 0.142. The number of methoxy groups -OCH3 is 2. The molecule has 4 aromatic rings. The van der Waals surface area contributed by atoms with E-state index < -0.39 is 34.9 Å². The van der Waals surface area contributed by atoms with Crippen LogP contribution in [0.25, 0.3) is 0 Å². The van der Waals surface area contributed by atoms with Crippen LogP contribution in [0.15, 0.2) is 73.3 Å². The van der Waals surface area contributed by atoms with Gasteiger partial charge in [0.2, 0.25) is 11.9 Å². The monoisotopic (exact) mass is 646 g/mol. The fourth-order valence-corrected chi connectivity index (χ4v) is 3.71.